The Labute approximate surface area is 178 Å². The van der Waals surface area contributed by atoms with Gasteiger partial charge in [0.1, 0.15) is 0 Å². The molecule has 5 nitrogen and oxygen atoms in total. The third-order valence-corrected chi connectivity index (χ3v) is 8.93. The standard InChI is InChI=1S/C24H31O5P/c1-16(2)20-11-9-17(3)13-22(20)29-30(26,19-7-5-4-6-8-19)24(25)18-10-12-21-23(14-18)28-15-27-21/h4-8,10,12,14,16-17,20,22,24-25H,9,11,13,15H2,1-3H3/t17-,20-,22+,24-,30-/m0/s1. The van der Waals surface area contributed by atoms with Crippen molar-refractivity contribution in [2.24, 2.45) is 17.8 Å². The van der Waals surface area contributed by atoms with Crippen molar-refractivity contribution in [3.05, 3.63) is 54.1 Å². The Balaban J connectivity index is 1.71. The van der Waals surface area contributed by atoms with Crippen molar-refractivity contribution >= 4 is 12.7 Å². The summed E-state index contributed by atoms with van der Waals surface area (Å²) in [5.74, 6) is 1.16. The molecule has 0 spiro atoms. The summed E-state index contributed by atoms with van der Waals surface area (Å²) in [4.78, 5) is 0. The summed E-state index contributed by atoms with van der Waals surface area (Å²) < 4.78 is 31.7. The van der Waals surface area contributed by atoms with Gasteiger partial charge in [-0.1, -0.05) is 51.5 Å². The third kappa shape index (κ3) is 4.16. The van der Waals surface area contributed by atoms with Crippen molar-refractivity contribution in [2.75, 3.05) is 6.79 Å². The molecule has 1 aliphatic carbocycles. The minimum absolute atomic E-state index is 0.150. The van der Waals surface area contributed by atoms with Gasteiger partial charge >= 0.3 is 0 Å². The minimum Gasteiger partial charge on any atom is -0.454 e. The number of fused-ring (bicyclic) bond motifs is 1. The lowest BCUT2D eigenvalue weighted by atomic mass is 9.75. The second-order valence-electron chi connectivity index (χ2n) is 8.89. The van der Waals surface area contributed by atoms with Crippen molar-refractivity contribution in [3.8, 4) is 11.5 Å². The summed E-state index contributed by atoms with van der Waals surface area (Å²) >= 11 is 0. The summed E-state index contributed by atoms with van der Waals surface area (Å²) in [5.41, 5.74) is 0.511. The number of benzene rings is 2. The Hall–Kier alpha value is -1.81. The Morgan fingerprint density at radius 1 is 1.07 bits per heavy atom. The van der Waals surface area contributed by atoms with Gasteiger partial charge in [-0.15, -0.1) is 0 Å². The average Bonchev–Trinajstić information content (AvgIpc) is 3.21. The van der Waals surface area contributed by atoms with E-state index in [9.17, 15) is 9.67 Å². The molecule has 4 rings (SSSR count). The molecule has 0 bridgehead atoms. The summed E-state index contributed by atoms with van der Waals surface area (Å²) in [6, 6.07) is 14.3. The van der Waals surface area contributed by atoms with Gasteiger partial charge in [-0.25, -0.2) is 0 Å². The van der Waals surface area contributed by atoms with Gasteiger partial charge in [0.25, 0.3) is 7.37 Å². The molecule has 1 saturated carbocycles. The Bertz CT molecular complexity index is 913. The fraction of sp³-hybridized carbons (Fsp3) is 0.500. The molecule has 0 saturated heterocycles. The average molecular weight is 430 g/mol. The Morgan fingerprint density at radius 3 is 2.53 bits per heavy atom. The molecule has 2 aromatic carbocycles. The number of ether oxygens (including phenoxy) is 2. The van der Waals surface area contributed by atoms with Crippen LogP contribution < -0.4 is 14.8 Å². The van der Waals surface area contributed by atoms with Crippen molar-refractivity contribution in [1.82, 2.24) is 0 Å². The molecule has 2 aliphatic rings. The van der Waals surface area contributed by atoms with Crippen molar-refractivity contribution in [3.63, 3.8) is 0 Å². The predicted octanol–water partition coefficient (Wildman–Crippen LogP) is 5.49. The van der Waals surface area contributed by atoms with Gasteiger partial charge in [0, 0.05) is 5.30 Å². The summed E-state index contributed by atoms with van der Waals surface area (Å²) in [5, 5.41) is 11.9. The maximum atomic E-state index is 14.4. The first-order valence-corrected chi connectivity index (χ1v) is 12.5. The van der Waals surface area contributed by atoms with Crippen LogP contribution in [0.5, 0.6) is 11.5 Å². The quantitative estimate of drug-likeness (QED) is 0.614. The molecule has 5 atom stereocenters. The molecule has 162 valence electrons. The molecule has 1 aliphatic heterocycles. The lowest BCUT2D eigenvalue weighted by molar-refractivity contribution is 0.0427. The molecule has 1 N–H and O–H groups in total. The molecular formula is C24H31O5P. The Morgan fingerprint density at radius 2 is 1.80 bits per heavy atom. The van der Waals surface area contributed by atoms with E-state index in [2.05, 4.69) is 20.8 Å². The van der Waals surface area contributed by atoms with Gasteiger partial charge in [0.15, 0.2) is 17.3 Å². The van der Waals surface area contributed by atoms with Gasteiger partial charge in [-0.2, -0.15) is 0 Å². The number of aliphatic hydroxyl groups is 1. The summed E-state index contributed by atoms with van der Waals surface area (Å²) in [7, 11) is -3.62. The van der Waals surface area contributed by atoms with Crippen LogP contribution in [-0.2, 0) is 9.09 Å². The second-order valence-corrected chi connectivity index (χ2v) is 11.3. The molecule has 0 radical (unpaired) electrons. The highest BCUT2D eigenvalue weighted by Crippen LogP contribution is 2.60. The van der Waals surface area contributed by atoms with Gasteiger partial charge in [-0.05, 0) is 60.4 Å². The monoisotopic (exact) mass is 430 g/mol. The van der Waals surface area contributed by atoms with E-state index in [-0.39, 0.29) is 12.9 Å². The second kappa shape index (κ2) is 8.74. The van der Waals surface area contributed by atoms with E-state index in [1.54, 1.807) is 30.3 Å². The van der Waals surface area contributed by atoms with Crippen LogP contribution in [0.25, 0.3) is 0 Å². The SMILES string of the molecule is CC(C)[C@@H]1CC[C@H](C)C[C@H]1O[P@@](=O)(c1ccccc1)[C@H](O)c1ccc2c(c1)OCO2. The molecule has 1 heterocycles. The van der Waals surface area contributed by atoms with E-state index in [1.165, 1.54) is 0 Å². The topological polar surface area (TPSA) is 65.0 Å². The third-order valence-electron chi connectivity index (χ3n) is 6.39. The van der Waals surface area contributed by atoms with Crippen LogP contribution in [0, 0.1) is 17.8 Å². The smallest absolute Gasteiger partial charge is 0.264 e. The molecule has 2 aromatic rings. The lowest BCUT2D eigenvalue weighted by Crippen LogP contribution is -2.35. The number of rotatable bonds is 6. The van der Waals surface area contributed by atoms with Crippen molar-refractivity contribution in [1.29, 1.82) is 0 Å². The molecule has 0 unspecified atom stereocenters. The highest BCUT2D eigenvalue weighted by atomic mass is 31.2. The van der Waals surface area contributed by atoms with E-state index in [1.807, 2.05) is 18.2 Å². The first-order chi connectivity index (χ1) is 14.4. The summed E-state index contributed by atoms with van der Waals surface area (Å²) in [6.07, 6.45) is 2.91. The zero-order chi connectivity index (χ0) is 21.3. The van der Waals surface area contributed by atoms with Crippen LogP contribution in [0.2, 0.25) is 0 Å². The molecule has 0 amide bonds. The maximum Gasteiger partial charge on any atom is 0.264 e. The van der Waals surface area contributed by atoms with Crippen molar-refractivity contribution in [2.45, 2.75) is 52.0 Å². The minimum atomic E-state index is -3.62. The fourth-order valence-corrected chi connectivity index (χ4v) is 6.91. The summed E-state index contributed by atoms with van der Waals surface area (Å²) in [6.45, 7) is 6.75. The molecule has 6 heteroatoms. The van der Waals surface area contributed by atoms with Gasteiger partial charge in [-0.3, -0.25) is 4.57 Å². The largest absolute Gasteiger partial charge is 0.454 e. The van der Waals surface area contributed by atoms with Crippen LogP contribution in [0.1, 0.15) is 51.4 Å². The number of aliphatic hydroxyl groups excluding tert-OH is 1. The zero-order valence-corrected chi connectivity index (χ0v) is 18.8. The van der Waals surface area contributed by atoms with Crippen LogP contribution in [-0.4, -0.2) is 18.0 Å². The molecule has 30 heavy (non-hydrogen) atoms. The van der Waals surface area contributed by atoms with Gasteiger partial charge in [0.05, 0.1) is 6.10 Å². The zero-order valence-electron chi connectivity index (χ0n) is 17.9. The number of hydrogen-bond acceptors (Lipinski definition) is 5. The predicted molar refractivity (Wildman–Crippen MR) is 117 cm³/mol. The normalized spacial score (nSPS) is 26.4. The molecule has 0 aromatic heterocycles. The van der Waals surface area contributed by atoms with Gasteiger partial charge in [0.2, 0.25) is 6.79 Å². The van der Waals surface area contributed by atoms with Crippen LogP contribution in [0.15, 0.2) is 48.5 Å². The first-order valence-electron chi connectivity index (χ1n) is 10.8. The molecule has 1 fully saturated rings. The number of hydrogen-bond donors (Lipinski definition) is 1. The van der Waals surface area contributed by atoms with E-state index >= 15 is 0 Å². The fourth-order valence-electron chi connectivity index (χ4n) is 4.60. The van der Waals surface area contributed by atoms with Gasteiger partial charge < -0.3 is 19.1 Å². The van der Waals surface area contributed by atoms with E-state index in [0.717, 1.165) is 19.3 Å². The van der Waals surface area contributed by atoms with Crippen LogP contribution in [0.3, 0.4) is 0 Å². The first kappa shape index (κ1) is 21.4. The molecular weight excluding hydrogens is 399 g/mol. The van der Waals surface area contributed by atoms with Crippen LogP contribution >= 0.6 is 7.37 Å². The highest BCUT2D eigenvalue weighted by Gasteiger charge is 2.43. The Kier molecular flexibility index (Phi) is 6.24. The van der Waals surface area contributed by atoms with E-state index < -0.39 is 13.2 Å². The van der Waals surface area contributed by atoms with E-state index in [0.29, 0.717) is 40.1 Å². The van der Waals surface area contributed by atoms with Crippen molar-refractivity contribution < 1.29 is 23.7 Å². The highest BCUT2D eigenvalue weighted by molar-refractivity contribution is 7.67. The maximum absolute atomic E-state index is 14.4. The van der Waals surface area contributed by atoms with Crippen LogP contribution in [0.4, 0.5) is 0 Å². The lowest BCUT2D eigenvalue weighted by Gasteiger charge is -2.39. The van der Waals surface area contributed by atoms with E-state index in [4.69, 9.17) is 14.0 Å².